The summed E-state index contributed by atoms with van der Waals surface area (Å²) in [5, 5.41) is 3.26. The molecule has 18 heavy (non-hydrogen) atoms. The Balaban J connectivity index is 2.05. The van der Waals surface area contributed by atoms with E-state index in [-0.39, 0.29) is 0 Å². The first-order valence-corrected chi connectivity index (χ1v) is 6.77. The molecule has 0 aliphatic rings. The lowest BCUT2D eigenvalue weighted by Gasteiger charge is -2.04. The van der Waals surface area contributed by atoms with Crippen molar-refractivity contribution in [2.75, 3.05) is 20.3 Å². The van der Waals surface area contributed by atoms with Crippen LogP contribution in [0.2, 0.25) is 0 Å². The maximum Gasteiger partial charge on any atom is 0.181 e. The SMILES string of the molecule is COCCNCc1ncoc1-c1ccc(I)cc1. The van der Waals surface area contributed by atoms with Crippen molar-refractivity contribution in [3.8, 4) is 11.3 Å². The molecule has 96 valence electrons. The Labute approximate surface area is 120 Å². The summed E-state index contributed by atoms with van der Waals surface area (Å²) in [5.74, 6) is 0.830. The molecule has 2 rings (SSSR count). The first kappa shape index (κ1) is 13.5. The average Bonchev–Trinajstić information content (AvgIpc) is 2.84. The maximum absolute atomic E-state index is 5.46. The summed E-state index contributed by atoms with van der Waals surface area (Å²) in [6, 6.07) is 8.20. The van der Waals surface area contributed by atoms with E-state index in [1.54, 1.807) is 7.11 Å². The molecule has 5 heteroatoms. The minimum atomic E-state index is 0.682. The van der Waals surface area contributed by atoms with Gasteiger partial charge in [0.05, 0.1) is 6.61 Å². The number of nitrogens with zero attached hydrogens (tertiary/aromatic N) is 1. The fraction of sp³-hybridized carbons (Fsp3) is 0.308. The third-order valence-electron chi connectivity index (χ3n) is 2.52. The Morgan fingerprint density at radius 1 is 1.33 bits per heavy atom. The van der Waals surface area contributed by atoms with Gasteiger partial charge >= 0.3 is 0 Å². The minimum absolute atomic E-state index is 0.682. The molecule has 0 fully saturated rings. The third kappa shape index (κ3) is 3.54. The van der Waals surface area contributed by atoms with Crippen molar-refractivity contribution < 1.29 is 9.15 Å². The number of ether oxygens (including phenoxy) is 1. The van der Waals surface area contributed by atoms with Gasteiger partial charge in [0.1, 0.15) is 5.69 Å². The first-order chi connectivity index (χ1) is 8.81. The Morgan fingerprint density at radius 2 is 2.11 bits per heavy atom. The number of hydrogen-bond acceptors (Lipinski definition) is 4. The van der Waals surface area contributed by atoms with Crippen LogP contribution in [-0.2, 0) is 11.3 Å². The summed E-state index contributed by atoms with van der Waals surface area (Å²) in [6.45, 7) is 2.17. The van der Waals surface area contributed by atoms with Gasteiger partial charge in [0.2, 0.25) is 0 Å². The molecular formula is C13H15IN2O2. The van der Waals surface area contributed by atoms with E-state index in [1.807, 2.05) is 12.1 Å². The van der Waals surface area contributed by atoms with Gasteiger partial charge in [-0.2, -0.15) is 0 Å². The fourth-order valence-corrected chi connectivity index (χ4v) is 1.97. The van der Waals surface area contributed by atoms with E-state index in [1.165, 1.54) is 9.96 Å². The molecule has 0 spiro atoms. The van der Waals surface area contributed by atoms with Crippen LogP contribution in [0.4, 0.5) is 0 Å². The minimum Gasteiger partial charge on any atom is -0.443 e. The largest absolute Gasteiger partial charge is 0.443 e. The molecule has 0 radical (unpaired) electrons. The van der Waals surface area contributed by atoms with Crippen LogP contribution in [0.3, 0.4) is 0 Å². The van der Waals surface area contributed by atoms with E-state index < -0.39 is 0 Å². The molecule has 0 aliphatic heterocycles. The lowest BCUT2D eigenvalue weighted by atomic mass is 10.1. The van der Waals surface area contributed by atoms with E-state index in [4.69, 9.17) is 9.15 Å². The van der Waals surface area contributed by atoms with Crippen molar-refractivity contribution in [1.82, 2.24) is 10.3 Å². The predicted octanol–water partition coefficient (Wildman–Crippen LogP) is 2.68. The fourth-order valence-electron chi connectivity index (χ4n) is 1.61. The molecular weight excluding hydrogens is 343 g/mol. The molecule has 0 aliphatic carbocycles. The quantitative estimate of drug-likeness (QED) is 0.637. The highest BCUT2D eigenvalue weighted by Gasteiger charge is 2.09. The molecule has 1 N–H and O–H groups in total. The number of benzene rings is 1. The van der Waals surface area contributed by atoms with Crippen molar-refractivity contribution in [2.45, 2.75) is 6.54 Å². The first-order valence-electron chi connectivity index (χ1n) is 5.69. The summed E-state index contributed by atoms with van der Waals surface area (Å²) >= 11 is 2.28. The zero-order chi connectivity index (χ0) is 12.8. The summed E-state index contributed by atoms with van der Waals surface area (Å²) in [7, 11) is 1.69. The van der Waals surface area contributed by atoms with Gasteiger partial charge in [0, 0.05) is 29.3 Å². The van der Waals surface area contributed by atoms with Crippen LogP contribution in [0.15, 0.2) is 35.1 Å². The summed E-state index contributed by atoms with van der Waals surface area (Å²) in [6.07, 6.45) is 1.49. The highest BCUT2D eigenvalue weighted by atomic mass is 127. The van der Waals surface area contributed by atoms with Crippen LogP contribution in [0.1, 0.15) is 5.69 Å². The van der Waals surface area contributed by atoms with Crippen molar-refractivity contribution in [3.05, 3.63) is 39.9 Å². The highest BCUT2D eigenvalue weighted by Crippen LogP contribution is 2.23. The number of rotatable bonds is 6. The van der Waals surface area contributed by atoms with Crippen LogP contribution < -0.4 is 5.32 Å². The van der Waals surface area contributed by atoms with Crippen LogP contribution in [0, 0.1) is 3.57 Å². The molecule has 0 saturated heterocycles. The molecule has 2 aromatic rings. The second-order valence-electron chi connectivity index (χ2n) is 3.80. The number of methoxy groups -OCH3 is 1. The van der Waals surface area contributed by atoms with E-state index >= 15 is 0 Å². The molecule has 4 nitrogen and oxygen atoms in total. The maximum atomic E-state index is 5.46. The monoisotopic (exact) mass is 358 g/mol. The molecule has 0 amide bonds. The Bertz CT molecular complexity index is 482. The number of oxazole rings is 1. The topological polar surface area (TPSA) is 47.3 Å². The molecule has 0 unspecified atom stereocenters. The normalized spacial score (nSPS) is 10.8. The van der Waals surface area contributed by atoms with Crippen LogP contribution in [-0.4, -0.2) is 25.2 Å². The van der Waals surface area contributed by atoms with E-state index in [0.29, 0.717) is 13.2 Å². The average molecular weight is 358 g/mol. The number of aromatic nitrogens is 1. The molecule has 0 bridgehead atoms. The standard InChI is InChI=1S/C13H15IN2O2/c1-17-7-6-15-8-12-13(18-9-16-12)10-2-4-11(14)5-3-10/h2-5,9,15H,6-8H2,1H3. The van der Waals surface area contributed by atoms with Gasteiger partial charge in [-0.1, -0.05) is 12.1 Å². The Morgan fingerprint density at radius 3 is 2.83 bits per heavy atom. The van der Waals surface area contributed by atoms with Crippen LogP contribution >= 0.6 is 22.6 Å². The van der Waals surface area contributed by atoms with Gasteiger partial charge in [-0.05, 0) is 34.7 Å². The Kier molecular flexibility index (Phi) is 5.15. The number of nitrogens with one attached hydrogen (secondary N) is 1. The lowest BCUT2D eigenvalue weighted by molar-refractivity contribution is 0.199. The zero-order valence-electron chi connectivity index (χ0n) is 10.1. The van der Waals surface area contributed by atoms with E-state index in [2.05, 4.69) is 45.0 Å². The smallest absolute Gasteiger partial charge is 0.181 e. The van der Waals surface area contributed by atoms with Gasteiger partial charge in [-0.15, -0.1) is 0 Å². The van der Waals surface area contributed by atoms with E-state index in [9.17, 15) is 0 Å². The molecule has 0 atom stereocenters. The summed E-state index contributed by atoms with van der Waals surface area (Å²) < 4.78 is 11.6. The van der Waals surface area contributed by atoms with Gasteiger partial charge in [-0.25, -0.2) is 4.98 Å². The number of hydrogen-bond donors (Lipinski definition) is 1. The summed E-state index contributed by atoms with van der Waals surface area (Å²) in [5.41, 5.74) is 1.98. The summed E-state index contributed by atoms with van der Waals surface area (Å²) in [4.78, 5) is 4.24. The van der Waals surface area contributed by atoms with Gasteiger partial charge in [0.15, 0.2) is 12.2 Å². The van der Waals surface area contributed by atoms with Gasteiger partial charge in [0.25, 0.3) is 0 Å². The van der Waals surface area contributed by atoms with Gasteiger partial charge < -0.3 is 14.5 Å². The van der Waals surface area contributed by atoms with Crippen molar-refractivity contribution >= 4 is 22.6 Å². The van der Waals surface area contributed by atoms with E-state index in [0.717, 1.165) is 23.6 Å². The second kappa shape index (κ2) is 6.86. The molecule has 1 heterocycles. The molecule has 1 aromatic heterocycles. The van der Waals surface area contributed by atoms with Gasteiger partial charge in [-0.3, -0.25) is 0 Å². The molecule has 0 saturated carbocycles. The third-order valence-corrected chi connectivity index (χ3v) is 3.24. The highest BCUT2D eigenvalue weighted by molar-refractivity contribution is 14.1. The van der Waals surface area contributed by atoms with Crippen molar-refractivity contribution in [2.24, 2.45) is 0 Å². The van der Waals surface area contributed by atoms with Crippen molar-refractivity contribution in [3.63, 3.8) is 0 Å². The predicted molar refractivity (Wildman–Crippen MR) is 78.2 cm³/mol. The zero-order valence-corrected chi connectivity index (χ0v) is 12.3. The number of halogens is 1. The van der Waals surface area contributed by atoms with Crippen LogP contribution in [0.25, 0.3) is 11.3 Å². The second-order valence-corrected chi connectivity index (χ2v) is 5.05. The van der Waals surface area contributed by atoms with Crippen LogP contribution in [0.5, 0.6) is 0 Å². The van der Waals surface area contributed by atoms with Crippen molar-refractivity contribution in [1.29, 1.82) is 0 Å². The lowest BCUT2D eigenvalue weighted by Crippen LogP contribution is -2.19. The Hall–Kier alpha value is -0.920. The molecule has 1 aromatic carbocycles.